The third-order valence-corrected chi connectivity index (χ3v) is 6.74. The van der Waals surface area contributed by atoms with Crippen molar-refractivity contribution in [2.45, 2.75) is 32.2 Å². The second-order valence-corrected chi connectivity index (χ2v) is 8.82. The van der Waals surface area contributed by atoms with Crippen molar-refractivity contribution < 1.29 is 9.53 Å². The van der Waals surface area contributed by atoms with E-state index in [2.05, 4.69) is 39.4 Å². The largest absolute Gasteiger partial charge is 0.497 e. The zero-order valence-corrected chi connectivity index (χ0v) is 16.8. The van der Waals surface area contributed by atoms with E-state index in [-0.39, 0.29) is 11.3 Å². The lowest BCUT2D eigenvalue weighted by Crippen LogP contribution is -2.45. The Morgan fingerprint density at radius 2 is 2.11 bits per heavy atom. The first kappa shape index (κ1) is 18.5. The number of nitrogens with zero attached hydrogens (tertiary/aromatic N) is 2. The van der Waals surface area contributed by atoms with Gasteiger partial charge >= 0.3 is 0 Å². The Bertz CT molecular complexity index is 776. The van der Waals surface area contributed by atoms with Crippen molar-refractivity contribution in [2.75, 3.05) is 33.3 Å². The van der Waals surface area contributed by atoms with E-state index >= 15 is 0 Å². The molecule has 1 aromatic heterocycles. The number of thiophene rings is 1. The fraction of sp³-hybridized carbons (Fsp3) is 0.500. The Morgan fingerprint density at radius 1 is 1.19 bits per heavy atom. The fourth-order valence-corrected chi connectivity index (χ4v) is 5.30. The van der Waals surface area contributed by atoms with Crippen LogP contribution in [0, 0.1) is 5.41 Å². The average Bonchev–Trinajstić information content (AvgIpc) is 3.32. The number of benzene rings is 1. The maximum Gasteiger partial charge on any atom is 0.227 e. The number of hydrogen-bond acceptors (Lipinski definition) is 4. The van der Waals surface area contributed by atoms with Crippen LogP contribution in [0.2, 0.25) is 0 Å². The monoisotopic (exact) mass is 384 g/mol. The smallest absolute Gasteiger partial charge is 0.227 e. The average molecular weight is 385 g/mol. The van der Waals surface area contributed by atoms with Gasteiger partial charge in [-0.1, -0.05) is 12.1 Å². The first-order valence-corrected chi connectivity index (χ1v) is 10.7. The van der Waals surface area contributed by atoms with Crippen LogP contribution in [-0.2, 0) is 17.8 Å². The van der Waals surface area contributed by atoms with Gasteiger partial charge in [0, 0.05) is 31.6 Å². The van der Waals surface area contributed by atoms with Crippen LogP contribution in [0.4, 0.5) is 0 Å². The predicted molar refractivity (Wildman–Crippen MR) is 109 cm³/mol. The van der Waals surface area contributed by atoms with Gasteiger partial charge in [0.15, 0.2) is 0 Å². The van der Waals surface area contributed by atoms with Gasteiger partial charge in [0.05, 0.1) is 13.5 Å². The predicted octanol–water partition coefficient (Wildman–Crippen LogP) is 3.81. The fourth-order valence-electron chi connectivity index (χ4n) is 4.63. The minimum atomic E-state index is 0.279. The highest BCUT2D eigenvalue weighted by molar-refractivity contribution is 7.08. The van der Waals surface area contributed by atoms with E-state index in [0.29, 0.717) is 6.42 Å². The number of amides is 1. The minimum absolute atomic E-state index is 0.279. The van der Waals surface area contributed by atoms with Gasteiger partial charge in [-0.2, -0.15) is 11.3 Å². The van der Waals surface area contributed by atoms with Crippen LogP contribution in [0.1, 0.15) is 30.4 Å². The van der Waals surface area contributed by atoms with E-state index < -0.39 is 0 Å². The lowest BCUT2D eigenvalue weighted by Gasteiger charge is -2.40. The summed E-state index contributed by atoms with van der Waals surface area (Å²) in [5.74, 6) is 1.21. The molecule has 27 heavy (non-hydrogen) atoms. The molecule has 1 aromatic carbocycles. The van der Waals surface area contributed by atoms with Crippen molar-refractivity contribution in [3.63, 3.8) is 0 Å². The molecule has 0 saturated carbocycles. The molecule has 1 spiro atoms. The molecule has 4 rings (SSSR count). The molecule has 144 valence electrons. The standard InChI is InChI=1S/C22H28N2O2S/c1-26-20-5-2-4-18(12-20)14-23-9-3-7-22(16-23)8-10-24(17-22)21(25)13-19-6-11-27-15-19/h2,4-6,11-12,15H,3,7-10,13-14,16-17H2,1H3/t22-/m0/s1. The third kappa shape index (κ3) is 4.36. The molecule has 0 radical (unpaired) electrons. The molecular formula is C22H28N2O2S. The van der Waals surface area contributed by atoms with Crippen molar-refractivity contribution in [3.05, 3.63) is 52.2 Å². The Labute approximate surface area is 165 Å². The summed E-state index contributed by atoms with van der Waals surface area (Å²) < 4.78 is 5.36. The van der Waals surface area contributed by atoms with Crippen LogP contribution in [-0.4, -0.2) is 49.0 Å². The van der Waals surface area contributed by atoms with Crippen LogP contribution >= 0.6 is 11.3 Å². The van der Waals surface area contributed by atoms with Gasteiger partial charge in [0.25, 0.3) is 0 Å². The van der Waals surface area contributed by atoms with Gasteiger partial charge in [-0.3, -0.25) is 9.69 Å². The summed E-state index contributed by atoms with van der Waals surface area (Å²) in [4.78, 5) is 17.3. The highest BCUT2D eigenvalue weighted by Gasteiger charge is 2.42. The molecule has 0 unspecified atom stereocenters. The van der Waals surface area contributed by atoms with Crippen LogP contribution in [0.25, 0.3) is 0 Å². The maximum absolute atomic E-state index is 12.7. The summed E-state index contributed by atoms with van der Waals surface area (Å²) >= 11 is 1.66. The van der Waals surface area contributed by atoms with E-state index in [1.54, 1.807) is 18.4 Å². The second kappa shape index (κ2) is 8.03. The first-order chi connectivity index (χ1) is 13.2. The molecular weight excluding hydrogens is 356 g/mol. The summed E-state index contributed by atoms with van der Waals surface area (Å²) in [5, 5.41) is 4.13. The number of methoxy groups -OCH3 is 1. The Hall–Kier alpha value is -1.85. The van der Waals surface area contributed by atoms with Gasteiger partial charge < -0.3 is 9.64 Å². The van der Waals surface area contributed by atoms with Crippen molar-refractivity contribution in [2.24, 2.45) is 5.41 Å². The van der Waals surface area contributed by atoms with Gasteiger partial charge in [0.2, 0.25) is 5.91 Å². The van der Waals surface area contributed by atoms with E-state index in [0.717, 1.165) is 50.5 Å². The molecule has 2 aromatic rings. The molecule has 4 nitrogen and oxygen atoms in total. The number of rotatable bonds is 5. The number of carbonyl (C=O) groups is 1. The normalized spacial score (nSPS) is 23.1. The molecule has 1 amide bonds. The van der Waals surface area contributed by atoms with E-state index in [9.17, 15) is 4.79 Å². The molecule has 0 N–H and O–H groups in total. The zero-order valence-electron chi connectivity index (χ0n) is 16.0. The topological polar surface area (TPSA) is 32.8 Å². The number of likely N-dealkylation sites (tertiary alicyclic amines) is 2. The lowest BCUT2D eigenvalue weighted by atomic mass is 9.79. The van der Waals surface area contributed by atoms with Crippen molar-refractivity contribution in [1.82, 2.24) is 9.80 Å². The van der Waals surface area contributed by atoms with Crippen LogP contribution in [0.5, 0.6) is 5.75 Å². The first-order valence-electron chi connectivity index (χ1n) is 9.80. The Balaban J connectivity index is 1.36. The van der Waals surface area contributed by atoms with Gasteiger partial charge in [0.1, 0.15) is 5.75 Å². The Morgan fingerprint density at radius 3 is 2.93 bits per heavy atom. The van der Waals surface area contributed by atoms with Crippen LogP contribution in [0.3, 0.4) is 0 Å². The highest BCUT2D eigenvalue weighted by Crippen LogP contribution is 2.39. The number of carbonyl (C=O) groups excluding carboxylic acids is 1. The van der Waals surface area contributed by atoms with Gasteiger partial charge in [-0.25, -0.2) is 0 Å². The second-order valence-electron chi connectivity index (χ2n) is 8.04. The summed E-state index contributed by atoms with van der Waals surface area (Å²) in [7, 11) is 1.72. The summed E-state index contributed by atoms with van der Waals surface area (Å²) in [6.45, 7) is 5.02. The van der Waals surface area contributed by atoms with Gasteiger partial charge in [-0.05, 0) is 65.9 Å². The SMILES string of the molecule is COc1cccc(CN2CCC[C@]3(CCN(C(=O)Cc4ccsc4)C3)C2)c1. The lowest BCUT2D eigenvalue weighted by molar-refractivity contribution is -0.130. The molecule has 3 heterocycles. The van der Waals surface area contributed by atoms with E-state index in [1.165, 1.54) is 18.4 Å². The van der Waals surface area contributed by atoms with E-state index in [4.69, 9.17) is 4.74 Å². The quantitative estimate of drug-likeness (QED) is 0.786. The van der Waals surface area contributed by atoms with Crippen LogP contribution in [0.15, 0.2) is 41.1 Å². The third-order valence-electron chi connectivity index (χ3n) is 6.01. The van der Waals surface area contributed by atoms with Crippen molar-refractivity contribution in [1.29, 1.82) is 0 Å². The Kier molecular flexibility index (Phi) is 5.50. The number of piperidine rings is 1. The minimum Gasteiger partial charge on any atom is -0.497 e. The zero-order chi connectivity index (χ0) is 18.7. The number of ether oxygens (including phenoxy) is 1. The maximum atomic E-state index is 12.7. The summed E-state index contributed by atoms with van der Waals surface area (Å²) in [6, 6.07) is 10.4. The van der Waals surface area contributed by atoms with E-state index in [1.807, 2.05) is 11.4 Å². The van der Waals surface area contributed by atoms with Crippen molar-refractivity contribution >= 4 is 17.2 Å². The molecule has 5 heteroatoms. The van der Waals surface area contributed by atoms with Gasteiger partial charge in [-0.15, -0.1) is 0 Å². The molecule has 2 aliphatic rings. The van der Waals surface area contributed by atoms with Crippen LogP contribution < -0.4 is 4.74 Å². The number of hydrogen-bond donors (Lipinski definition) is 0. The molecule has 2 fully saturated rings. The molecule has 0 aliphatic carbocycles. The van der Waals surface area contributed by atoms with Crippen molar-refractivity contribution in [3.8, 4) is 5.75 Å². The molecule has 0 bridgehead atoms. The molecule has 2 aliphatic heterocycles. The summed E-state index contributed by atoms with van der Waals surface area (Å²) in [6.07, 6.45) is 4.14. The molecule has 2 saturated heterocycles. The summed E-state index contributed by atoms with van der Waals surface area (Å²) in [5.41, 5.74) is 2.73. The highest BCUT2D eigenvalue weighted by atomic mass is 32.1. The molecule has 1 atom stereocenters.